The maximum atomic E-state index is 12.9. The molecule has 5 heteroatoms. The number of carbonyl (C=O) groups excluding carboxylic acids is 2. The Bertz CT molecular complexity index is 778. The van der Waals surface area contributed by atoms with E-state index in [1.165, 1.54) is 5.56 Å². The Kier molecular flexibility index (Phi) is 4.60. The number of carbonyl (C=O) groups is 2. The van der Waals surface area contributed by atoms with Crippen LogP contribution in [0.25, 0.3) is 10.9 Å². The second kappa shape index (κ2) is 6.67. The molecular weight excluding hydrogens is 304 g/mol. The Morgan fingerprint density at radius 3 is 2.88 bits per heavy atom. The van der Waals surface area contributed by atoms with Crippen LogP contribution < -0.4 is 0 Å². The number of likely N-dealkylation sites (tertiary alicyclic amines) is 1. The van der Waals surface area contributed by atoms with Crippen LogP contribution in [0.15, 0.2) is 18.2 Å². The Balaban J connectivity index is 1.80. The molecule has 2 aromatic rings. The van der Waals surface area contributed by atoms with Gasteiger partial charge in [0.1, 0.15) is 0 Å². The van der Waals surface area contributed by atoms with Gasteiger partial charge in [0.15, 0.2) is 0 Å². The average Bonchev–Trinajstić information content (AvgIpc) is 2.88. The molecule has 5 nitrogen and oxygen atoms in total. The lowest BCUT2D eigenvalue weighted by Gasteiger charge is -2.31. The molecule has 1 fully saturated rings. The fourth-order valence-electron chi connectivity index (χ4n) is 3.39. The third-order valence-electron chi connectivity index (χ3n) is 4.88. The molecule has 3 rings (SSSR count). The van der Waals surface area contributed by atoms with Crippen molar-refractivity contribution in [2.75, 3.05) is 19.7 Å². The quantitative estimate of drug-likeness (QED) is 0.880. The van der Waals surface area contributed by atoms with Gasteiger partial charge in [0.2, 0.25) is 0 Å². The summed E-state index contributed by atoms with van der Waals surface area (Å²) in [5, 5.41) is 1.08. The van der Waals surface area contributed by atoms with Crippen molar-refractivity contribution in [3.63, 3.8) is 0 Å². The molecule has 0 radical (unpaired) electrons. The summed E-state index contributed by atoms with van der Waals surface area (Å²) in [5.74, 6) is -0.408. The molecule has 1 N–H and O–H groups in total. The summed E-state index contributed by atoms with van der Waals surface area (Å²) in [4.78, 5) is 29.9. The number of benzene rings is 1. The molecule has 0 saturated carbocycles. The van der Waals surface area contributed by atoms with E-state index in [0.29, 0.717) is 25.3 Å². The maximum absolute atomic E-state index is 12.9. The monoisotopic (exact) mass is 328 g/mol. The van der Waals surface area contributed by atoms with Gasteiger partial charge in [0.25, 0.3) is 5.91 Å². The first-order valence-corrected chi connectivity index (χ1v) is 8.56. The standard InChI is InChI=1S/C19H24N2O3/c1-4-24-19(23)15-6-5-9-21(11-15)18(22)14-7-8-17-16(10-14)12(2)13(3)20-17/h7-8,10,15,20H,4-6,9,11H2,1-3H3/t15-/m0/s1. The first-order chi connectivity index (χ1) is 11.5. The summed E-state index contributed by atoms with van der Waals surface area (Å²) < 4.78 is 5.11. The van der Waals surface area contributed by atoms with Gasteiger partial charge < -0.3 is 14.6 Å². The lowest BCUT2D eigenvalue weighted by molar-refractivity contribution is -0.149. The Hall–Kier alpha value is -2.30. The number of esters is 1. The van der Waals surface area contributed by atoms with Crippen molar-refractivity contribution >= 4 is 22.8 Å². The van der Waals surface area contributed by atoms with Crippen LogP contribution >= 0.6 is 0 Å². The van der Waals surface area contributed by atoms with Crippen molar-refractivity contribution < 1.29 is 14.3 Å². The Labute approximate surface area is 142 Å². The number of aromatic nitrogens is 1. The summed E-state index contributed by atoms with van der Waals surface area (Å²) in [7, 11) is 0. The number of aromatic amines is 1. The van der Waals surface area contributed by atoms with Gasteiger partial charge in [0, 0.05) is 35.2 Å². The topological polar surface area (TPSA) is 62.4 Å². The first-order valence-electron chi connectivity index (χ1n) is 8.56. The van der Waals surface area contributed by atoms with Gasteiger partial charge in [-0.05, 0) is 57.4 Å². The van der Waals surface area contributed by atoms with Gasteiger partial charge in [0.05, 0.1) is 12.5 Å². The molecule has 0 unspecified atom stereocenters. The Morgan fingerprint density at radius 2 is 2.12 bits per heavy atom. The van der Waals surface area contributed by atoms with Gasteiger partial charge in [-0.2, -0.15) is 0 Å². The highest BCUT2D eigenvalue weighted by molar-refractivity contribution is 5.99. The van der Waals surface area contributed by atoms with Crippen molar-refractivity contribution in [3.05, 3.63) is 35.0 Å². The number of hydrogen-bond donors (Lipinski definition) is 1. The van der Waals surface area contributed by atoms with E-state index in [0.717, 1.165) is 29.4 Å². The van der Waals surface area contributed by atoms with E-state index in [4.69, 9.17) is 4.74 Å². The van der Waals surface area contributed by atoms with Gasteiger partial charge in [-0.3, -0.25) is 9.59 Å². The minimum Gasteiger partial charge on any atom is -0.466 e. The normalized spacial score (nSPS) is 18.0. The van der Waals surface area contributed by atoms with E-state index >= 15 is 0 Å². The van der Waals surface area contributed by atoms with E-state index in [1.54, 1.807) is 11.8 Å². The molecule has 1 aliphatic heterocycles. The number of nitrogens with one attached hydrogen (secondary N) is 1. The molecule has 1 aliphatic rings. The number of piperidine rings is 1. The van der Waals surface area contributed by atoms with E-state index in [2.05, 4.69) is 11.9 Å². The molecule has 1 aromatic heterocycles. The van der Waals surface area contributed by atoms with E-state index in [1.807, 2.05) is 25.1 Å². The largest absolute Gasteiger partial charge is 0.466 e. The summed E-state index contributed by atoms with van der Waals surface area (Å²) >= 11 is 0. The van der Waals surface area contributed by atoms with Crippen LogP contribution in [0.3, 0.4) is 0 Å². The highest BCUT2D eigenvalue weighted by Gasteiger charge is 2.29. The molecule has 2 heterocycles. The molecule has 0 bridgehead atoms. The van der Waals surface area contributed by atoms with Gasteiger partial charge in [-0.15, -0.1) is 0 Å². The number of aryl methyl sites for hydroxylation is 2. The molecule has 1 aromatic carbocycles. The first kappa shape index (κ1) is 16.6. The third-order valence-corrected chi connectivity index (χ3v) is 4.88. The maximum Gasteiger partial charge on any atom is 0.310 e. The molecule has 0 spiro atoms. The van der Waals surface area contributed by atoms with Crippen molar-refractivity contribution in [3.8, 4) is 0 Å². The molecular formula is C19H24N2O3. The summed E-state index contributed by atoms with van der Waals surface area (Å²) in [5.41, 5.74) is 4.01. The van der Waals surface area contributed by atoms with Gasteiger partial charge in [-0.1, -0.05) is 0 Å². The highest BCUT2D eigenvalue weighted by Crippen LogP contribution is 2.25. The van der Waals surface area contributed by atoms with E-state index in [-0.39, 0.29) is 17.8 Å². The summed E-state index contributed by atoms with van der Waals surface area (Å²) in [6.07, 6.45) is 1.62. The zero-order valence-electron chi connectivity index (χ0n) is 14.5. The Morgan fingerprint density at radius 1 is 1.33 bits per heavy atom. The van der Waals surface area contributed by atoms with E-state index < -0.39 is 0 Å². The van der Waals surface area contributed by atoms with Crippen LogP contribution in [0, 0.1) is 19.8 Å². The number of amides is 1. The molecule has 24 heavy (non-hydrogen) atoms. The van der Waals surface area contributed by atoms with Crippen LogP contribution in [0.4, 0.5) is 0 Å². The number of fused-ring (bicyclic) bond motifs is 1. The van der Waals surface area contributed by atoms with Crippen molar-refractivity contribution in [1.82, 2.24) is 9.88 Å². The van der Waals surface area contributed by atoms with Crippen LogP contribution in [-0.2, 0) is 9.53 Å². The van der Waals surface area contributed by atoms with Crippen molar-refractivity contribution in [1.29, 1.82) is 0 Å². The van der Waals surface area contributed by atoms with E-state index in [9.17, 15) is 9.59 Å². The molecule has 1 atom stereocenters. The fraction of sp³-hybridized carbons (Fsp3) is 0.474. The molecule has 1 amide bonds. The third kappa shape index (κ3) is 3.03. The highest BCUT2D eigenvalue weighted by atomic mass is 16.5. The second-order valence-corrected chi connectivity index (χ2v) is 6.48. The number of H-pyrrole nitrogens is 1. The lowest BCUT2D eigenvalue weighted by Crippen LogP contribution is -2.42. The van der Waals surface area contributed by atoms with Crippen molar-refractivity contribution in [2.24, 2.45) is 5.92 Å². The van der Waals surface area contributed by atoms with Crippen LogP contribution in [0.1, 0.15) is 41.4 Å². The average molecular weight is 328 g/mol. The summed E-state index contributed by atoms with van der Waals surface area (Å²) in [6, 6.07) is 5.76. The van der Waals surface area contributed by atoms with Gasteiger partial charge >= 0.3 is 5.97 Å². The molecule has 128 valence electrons. The smallest absolute Gasteiger partial charge is 0.310 e. The number of nitrogens with zero attached hydrogens (tertiary/aromatic N) is 1. The minimum atomic E-state index is -0.206. The van der Waals surface area contributed by atoms with Crippen LogP contribution in [-0.4, -0.2) is 41.5 Å². The zero-order valence-corrected chi connectivity index (χ0v) is 14.5. The predicted octanol–water partition coefficient (Wildman–Crippen LogP) is 3.20. The summed E-state index contributed by atoms with van der Waals surface area (Å²) in [6.45, 7) is 7.41. The number of hydrogen-bond acceptors (Lipinski definition) is 3. The second-order valence-electron chi connectivity index (χ2n) is 6.48. The van der Waals surface area contributed by atoms with Crippen molar-refractivity contribution in [2.45, 2.75) is 33.6 Å². The predicted molar refractivity (Wildman–Crippen MR) is 93.0 cm³/mol. The molecule has 1 saturated heterocycles. The van der Waals surface area contributed by atoms with Crippen LogP contribution in [0.5, 0.6) is 0 Å². The van der Waals surface area contributed by atoms with Gasteiger partial charge in [-0.25, -0.2) is 0 Å². The molecule has 0 aliphatic carbocycles. The fourth-order valence-corrected chi connectivity index (χ4v) is 3.39. The number of ether oxygens (including phenoxy) is 1. The van der Waals surface area contributed by atoms with Crippen LogP contribution in [0.2, 0.25) is 0 Å². The number of rotatable bonds is 3. The minimum absolute atomic E-state index is 0.0100. The lowest BCUT2D eigenvalue weighted by atomic mass is 9.97. The SMILES string of the molecule is CCOC(=O)[C@H]1CCCN(C(=O)c2ccc3[nH]c(C)c(C)c3c2)C1. The zero-order chi connectivity index (χ0) is 17.3.